The number of nitrogens with zero attached hydrogens (tertiary/aromatic N) is 5. The molecule has 2 aromatic carbocycles. The van der Waals surface area contributed by atoms with E-state index in [1.54, 1.807) is 21.3 Å². The van der Waals surface area contributed by atoms with Crippen molar-refractivity contribution in [1.82, 2.24) is 23.8 Å². The number of amides is 1. The van der Waals surface area contributed by atoms with Gasteiger partial charge in [-0.05, 0) is 70.0 Å². The second kappa shape index (κ2) is 12.9. The molecule has 45 heavy (non-hydrogen) atoms. The van der Waals surface area contributed by atoms with Crippen LogP contribution >= 0.6 is 0 Å². The molecule has 6 rings (SSSR count). The van der Waals surface area contributed by atoms with Gasteiger partial charge in [0.15, 0.2) is 0 Å². The fraction of sp³-hybridized carbons (Fsp3) is 0.400. The number of imidazole rings is 1. The summed E-state index contributed by atoms with van der Waals surface area (Å²) < 4.78 is 20.7. The molecule has 0 atom stereocenters. The number of benzene rings is 2. The molecule has 1 saturated carbocycles. The maximum atomic E-state index is 13.5. The lowest BCUT2D eigenvalue weighted by atomic mass is 9.85. The minimum absolute atomic E-state index is 0.236. The van der Waals surface area contributed by atoms with Crippen LogP contribution in [-0.4, -0.2) is 77.3 Å². The number of aryl methyl sites for hydroxylation is 2. The number of nitrogens with one attached hydrogen (secondary N) is 1. The first-order chi connectivity index (χ1) is 21.8. The molecular weight excluding hydrogens is 568 g/mol. The van der Waals surface area contributed by atoms with Gasteiger partial charge in [-0.1, -0.05) is 12.1 Å². The van der Waals surface area contributed by atoms with Crippen molar-refractivity contribution < 1.29 is 19.0 Å². The Bertz CT molecular complexity index is 1840. The van der Waals surface area contributed by atoms with Crippen molar-refractivity contribution >= 4 is 28.0 Å². The van der Waals surface area contributed by atoms with Gasteiger partial charge in [0.25, 0.3) is 5.91 Å². The summed E-state index contributed by atoms with van der Waals surface area (Å²) in [4.78, 5) is 25.8. The second-order valence-electron chi connectivity index (χ2n) is 11.9. The lowest BCUT2D eigenvalue weighted by molar-refractivity contribution is 0.101. The topological polar surface area (TPSA) is 95.2 Å². The van der Waals surface area contributed by atoms with Crippen LogP contribution in [0.5, 0.6) is 11.5 Å². The monoisotopic (exact) mass is 610 g/mol. The highest BCUT2D eigenvalue weighted by Crippen LogP contribution is 2.39. The first kappa shape index (κ1) is 30.6. The summed E-state index contributed by atoms with van der Waals surface area (Å²) in [6, 6.07) is 14.0. The first-order valence-corrected chi connectivity index (χ1v) is 15.5. The normalized spacial score (nSPS) is 16.9. The zero-order chi connectivity index (χ0) is 31.7. The van der Waals surface area contributed by atoms with Crippen molar-refractivity contribution in [3.05, 3.63) is 72.1 Å². The van der Waals surface area contributed by atoms with E-state index in [2.05, 4.69) is 26.6 Å². The second-order valence-corrected chi connectivity index (χ2v) is 11.9. The van der Waals surface area contributed by atoms with Crippen LogP contribution in [0.1, 0.15) is 53.6 Å². The molecule has 1 aliphatic carbocycles. The van der Waals surface area contributed by atoms with E-state index in [0.717, 1.165) is 83.8 Å². The Kier molecular flexibility index (Phi) is 8.78. The van der Waals surface area contributed by atoms with Crippen molar-refractivity contribution in [2.75, 3.05) is 46.8 Å². The number of rotatable bonds is 10. The standard InChI is InChI=1S/C35H42N6O4/c1-22-33-32(38-34(41(33)17-16-36-22)23-10-13-25(14-11-23)39(2)18-19-43-4)24-12-15-27(31(20-24)45-6)37-35(42)29-21-26-28(40(29)3)8-7-9-30(26)44-5/h7-9,12,15-17,20-21,23,25H,10-11,13-14,18-19H2,1-6H3,(H,37,42)/t23-,25-. The van der Waals surface area contributed by atoms with Gasteiger partial charge in [-0.25, -0.2) is 4.98 Å². The molecule has 236 valence electrons. The molecule has 10 heteroatoms. The van der Waals surface area contributed by atoms with Crippen LogP contribution in [0.4, 0.5) is 5.69 Å². The van der Waals surface area contributed by atoms with E-state index in [4.69, 9.17) is 19.2 Å². The molecule has 10 nitrogen and oxygen atoms in total. The molecule has 0 bridgehead atoms. The summed E-state index contributed by atoms with van der Waals surface area (Å²) in [5.74, 6) is 2.48. The minimum atomic E-state index is -0.236. The number of anilines is 1. The Morgan fingerprint density at radius 1 is 1.04 bits per heavy atom. The Morgan fingerprint density at radius 2 is 1.82 bits per heavy atom. The third-order valence-corrected chi connectivity index (χ3v) is 9.32. The van der Waals surface area contributed by atoms with Crippen molar-refractivity contribution in [2.45, 2.75) is 44.6 Å². The van der Waals surface area contributed by atoms with Gasteiger partial charge in [-0.15, -0.1) is 0 Å². The van der Waals surface area contributed by atoms with Crippen LogP contribution in [0, 0.1) is 6.92 Å². The number of ether oxygens (including phenoxy) is 3. The minimum Gasteiger partial charge on any atom is -0.496 e. The summed E-state index contributed by atoms with van der Waals surface area (Å²) in [5, 5.41) is 3.93. The lowest BCUT2D eigenvalue weighted by Gasteiger charge is -2.34. The molecule has 0 aliphatic heterocycles. The number of likely N-dealkylation sites (N-methyl/N-ethyl adjacent to an activating group) is 1. The molecular formula is C35H42N6O4. The summed E-state index contributed by atoms with van der Waals surface area (Å²) in [7, 11) is 9.07. The summed E-state index contributed by atoms with van der Waals surface area (Å²) in [5.41, 5.74) is 5.71. The smallest absolute Gasteiger partial charge is 0.272 e. The number of hydrogen-bond donors (Lipinski definition) is 1. The number of methoxy groups -OCH3 is 3. The third-order valence-electron chi connectivity index (χ3n) is 9.32. The van der Waals surface area contributed by atoms with Gasteiger partial charge in [-0.3, -0.25) is 14.2 Å². The average molecular weight is 611 g/mol. The van der Waals surface area contributed by atoms with E-state index in [-0.39, 0.29) is 5.91 Å². The van der Waals surface area contributed by atoms with E-state index in [9.17, 15) is 4.79 Å². The summed E-state index contributed by atoms with van der Waals surface area (Å²) in [6.07, 6.45) is 8.29. The highest BCUT2D eigenvalue weighted by atomic mass is 16.5. The van der Waals surface area contributed by atoms with Gasteiger partial charge in [-0.2, -0.15) is 0 Å². The van der Waals surface area contributed by atoms with Gasteiger partial charge in [0, 0.05) is 56.0 Å². The van der Waals surface area contributed by atoms with Crippen LogP contribution < -0.4 is 14.8 Å². The number of aromatic nitrogens is 4. The van der Waals surface area contributed by atoms with E-state index in [1.165, 1.54) is 0 Å². The van der Waals surface area contributed by atoms with Gasteiger partial charge >= 0.3 is 0 Å². The molecule has 3 aromatic heterocycles. The molecule has 0 radical (unpaired) electrons. The summed E-state index contributed by atoms with van der Waals surface area (Å²) >= 11 is 0. The highest BCUT2D eigenvalue weighted by molar-refractivity contribution is 6.08. The average Bonchev–Trinajstić information content (AvgIpc) is 3.63. The van der Waals surface area contributed by atoms with Crippen LogP contribution in [0.25, 0.3) is 27.7 Å². The van der Waals surface area contributed by atoms with Crippen molar-refractivity contribution in [3.8, 4) is 22.8 Å². The van der Waals surface area contributed by atoms with Gasteiger partial charge < -0.3 is 29.0 Å². The van der Waals surface area contributed by atoms with Crippen LogP contribution in [0.15, 0.2) is 54.9 Å². The van der Waals surface area contributed by atoms with Crippen LogP contribution in [0.2, 0.25) is 0 Å². The van der Waals surface area contributed by atoms with E-state index in [1.807, 2.05) is 73.4 Å². The number of carbonyl (C=O) groups is 1. The van der Waals surface area contributed by atoms with Gasteiger partial charge in [0.2, 0.25) is 0 Å². The van der Waals surface area contributed by atoms with Gasteiger partial charge in [0.05, 0.1) is 48.9 Å². The predicted molar refractivity (Wildman–Crippen MR) is 177 cm³/mol. The van der Waals surface area contributed by atoms with E-state index in [0.29, 0.717) is 29.1 Å². The molecule has 3 heterocycles. The molecule has 1 fully saturated rings. The van der Waals surface area contributed by atoms with Crippen molar-refractivity contribution in [3.63, 3.8) is 0 Å². The zero-order valence-corrected chi connectivity index (χ0v) is 27.0. The molecule has 1 aliphatic rings. The summed E-state index contributed by atoms with van der Waals surface area (Å²) in [6.45, 7) is 3.72. The lowest BCUT2D eigenvalue weighted by Crippen LogP contribution is -2.37. The first-order valence-electron chi connectivity index (χ1n) is 15.5. The molecule has 0 saturated heterocycles. The molecule has 5 aromatic rings. The number of fused-ring (bicyclic) bond motifs is 2. The molecule has 0 spiro atoms. The highest BCUT2D eigenvalue weighted by Gasteiger charge is 2.29. The van der Waals surface area contributed by atoms with Gasteiger partial charge in [0.1, 0.15) is 23.0 Å². The third kappa shape index (κ3) is 5.76. The quantitative estimate of drug-likeness (QED) is 0.205. The van der Waals surface area contributed by atoms with E-state index >= 15 is 0 Å². The fourth-order valence-electron chi connectivity index (χ4n) is 6.76. The predicted octanol–water partition coefficient (Wildman–Crippen LogP) is 6.07. The molecule has 1 N–H and O–H groups in total. The SMILES string of the molecule is COCCN(C)[C@H]1CC[C@H](c2nc(-c3ccc(NC(=O)c4cc5c(OC)cccc5n4C)c(OC)c3)c3c(C)nccn32)CC1. The fourth-order valence-corrected chi connectivity index (χ4v) is 6.76. The van der Waals surface area contributed by atoms with Crippen LogP contribution in [0.3, 0.4) is 0 Å². The largest absolute Gasteiger partial charge is 0.496 e. The Hall–Kier alpha value is -4.41. The maximum Gasteiger partial charge on any atom is 0.272 e. The van der Waals surface area contributed by atoms with Crippen LogP contribution in [-0.2, 0) is 11.8 Å². The van der Waals surface area contributed by atoms with Crippen molar-refractivity contribution in [1.29, 1.82) is 0 Å². The molecule has 0 unspecified atom stereocenters. The maximum absolute atomic E-state index is 13.5. The zero-order valence-electron chi connectivity index (χ0n) is 27.0. The molecule has 1 amide bonds. The van der Waals surface area contributed by atoms with Crippen molar-refractivity contribution in [2.24, 2.45) is 7.05 Å². The Labute approximate surface area is 263 Å². The number of hydrogen-bond acceptors (Lipinski definition) is 7. The van der Waals surface area contributed by atoms with E-state index < -0.39 is 0 Å². The Morgan fingerprint density at radius 3 is 2.56 bits per heavy atom. The number of carbonyl (C=O) groups excluding carboxylic acids is 1. The Balaban J connectivity index is 1.28.